The topological polar surface area (TPSA) is 29.5 Å². The molecule has 0 amide bonds. The predicted octanol–water partition coefficient (Wildman–Crippen LogP) is 5.14. The van der Waals surface area contributed by atoms with Crippen molar-refractivity contribution in [1.29, 1.82) is 0 Å². The van der Waals surface area contributed by atoms with Gasteiger partial charge in [-0.15, -0.1) is 0 Å². The first kappa shape index (κ1) is 18.9. The maximum Gasteiger partial charge on any atom is 0.244 e. The summed E-state index contributed by atoms with van der Waals surface area (Å²) in [4.78, 5) is 0. The normalized spacial score (nSPS) is 17.1. The van der Waals surface area contributed by atoms with Crippen molar-refractivity contribution in [3.05, 3.63) is 29.8 Å². The van der Waals surface area contributed by atoms with Crippen molar-refractivity contribution in [2.45, 2.75) is 71.5 Å². The first-order valence-electron chi connectivity index (χ1n) is 8.16. The summed E-state index contributed by atoms with van der Waals surface area (Å²) >= 11 is 0. The van der Waals surface area contributed by atoms with E-state index in [1.165, 1.54) is 0 Å². The van der Waals surface area contributed by atoms with Gasteiger partial charge in [-0.2, -0.15) is 0 Å². The summed E-state index contributed by atoms with van der Waals surface area (Å²) in [5.74, 6) is -0.365. The highest BCUT2D eigenvalue weighted by Crippen LogP contribution is 2.40. The van der Waals surface area contributed by atoms with Crippen LogP contribution in [0.4, 0.5) is 8.78 Å². The Bertz CT molecular complexity index is 433. The molecule has 2 nitrogen and oxygen atoms in total. The fourth-order valence-electron chi connectivity index (χ4n) is 2.79. The second kappa shape index (κ2) is 8.47. The van der Waals surface area contributed by atoms with Crippen LogP contribution in [0.5, 0.6) is 5.75 Å². The van der Waals surface area contributed by atoms with Gasteiger partial charge in [-0.05, 0) is 43.9 Å². The van der Waals surface area contributed by atoms with Crippen LogP contribution in [0.15, 0.2) is 24.3 Å². The number of ether oxygens (including phenoxy) is 1. The zero-order chi connectivity index (χ0) is 16.8. The third-order valence-corrected chi connectivity index (χ3v) is 4.25. The van der Waals surface area contributed by atoms with Crippen molar-refractivity contribution in [2.75, 3.05) is 0 Å². The van der Waals surface area contributed by atoms with E-state index in [2.05, 4.69) is 0 Å². The Hall–Kier alpha value is -1.16. The summed E-state index contributed by atoms with van der Waals surface area (Å²) in [6.45, 7) is 7.60. The number of hydrogen-bond acceptors (Lipinski definition) is 2. The van der Waals surface area contributed by atoms with Crippen LogP contribution in [0.3, 0.4) is 0 Å². The van der Waals surface area contributed by atoms with Crippen LogP contribution < -0.4 is 4.74 Å². The van der Waals surface area contributed by atoms with Gasteiger partial charge in [-0.3, -0.25) is 0 Å². The second-order valence-corrected chi connectivity index (χ2v) is 5.88. The van der Waals surface area contributed by atoms with Crippen molar-refractivity contribution in [3.8, 4) is 5.75 Å². The third kappa shape index (κ3) is 4.42. The summed E-state index contributed by atoms with van der Waals surface area (Å²) in [5.41, 5.74) is -0.954. The third-order valence-electron chi connectivity index (χ3n) is 4.25. The minimum absolute atomic E-state index is 0.102. The van der Waals surface area contributed by atoms with Gasteiger partial charge in [0.05, 0.1) is 17.6 Å². The zero-order valence-corrected chi connectivity index (χ0v) is 14.0. The lowest BCUT2D eigenvalue weighted by atomic mass is 9.77. The van der Waals surface area contributed by atoms with Gasteiger partial charge in [-0.1, -0.05) is 39.3 Å². The molecule has 0 radical (unpaired) electrons. The first-order valence-corrected chi connectivity index (χ1v) is 8.16. The molecule has 1 rings (SSSR count). The predicted molar refractivity (Wildman–Crippen MR) is 85.4 cm³/mol. The summed E-state index contributed by atoms with van der Waals surface area (Å²) in [6, 6.07) is 6.91. The molecule has 1 N–H and O–H groups in total. The first-order chi connectivity index (χ1) is 10.4. The average Bonchev–Trinajstić information content (AvgIpc) is 2.48. The molecule has 1 aromatic rings. The fraction of sp³-hybridized carbons (Fsp3) is 0.667. The molecule has 0 saturated carbocycles. The molecule has 4 heteroatoms. The highest BCUT2D eigenvalue weighted by molar-refractivity contribution is 5.31. The van der Waals surface area contributed by atoms with E-state index in [1.54, 1.807) is 31.2 Å². The highest BCUT2D eigenvalue weighted by atomic mass is 19.3. The van der Waals surface area contributed by atoms with Crippen LogP contribution >= 0.6 is 0 Å². The largest absolute Gasteiger partial charge is 0.491 e. The molecule has 0 spiro atoms. The van der Waals surface area contributed by atoms with Gasteiger partial charge in [0, 0.05) is 0 Å². The summed E-state index contributed by atoms with van der Waals surface area (Å²) in [6.07, 6.45) is -0.349. The number of halogens is 2. The van der Waals surface area contributed by atoms with Gasteiger partial charge in [0.1, 0.15) is 5.75 Å². The smallest absolute Gasteiger partial charge is 0.244 e. The van der Waals surface area contributed by atoms with Crippen molar-refractivity contribution in [2.24, 2.45) is 5.92 Å². The molecule has 3 unspecified atom stereocenters. The lowest BCUT2D eigenvalue weighted by molar-refractivity contribution is -0.0975. The van der Waals surface area contributed by atoms with Crippen LogP contribution in [0, 0.1) is 5.92 Å². The molecule has 0 saturated heterocycles. The van der Waals surface area contributed by atoms with E-state index in [1.807, 2.05) is 20.8 Å². The van der Waals surface area contributed by atoms with Crippen LogP contribution in [0.2, 0.25) is 0 Å². The van der Waals surface area contributed by atoms with E-state index in [0.29, 0.717) is 24.2 Å². The molecule has 0 heterocycles. The number of benzene rings is 1. The Morgan fingerprint density at radius 1 is 1.09 bits per heavy atom. The average molecular weight is 314 g/mol. The highest BCUT2D eigenvalue weighted by Gasteiger charge is 2.41. The molecule has 0 aliphatic carbocycles. The van der Waals surface area contributed by atoms with Gasteiger partial charge in [0.25, 0.3) is 0 Å². The van der Waals surface area contributed by atoms with Crippen molar-refractivity contribution < 1.29 is 18.6 Å². The van der Waals surface area contributed by atoms with Crippen LogP contribution in [-0.4, -0.2) is 17.6 Å². The number of alkyl halides is 2. The van der Waals surface area contributed by atoms with Gasteiger partial charge in [-0.25, -0.2) is 8.78 Å². The van der Waals surface area contributed by atoms with Crippen LogP contribution in [0.1, 0.15) is 58.9 Å². The molecule has 3 atom stereocenters. The maximum atomic E-state index is 13.3. The Morgan fingerprint density at radius 2 is 1.68 bits per heavy atom. The summed E-state index contributed by atoms with van der Waals surface area (Å²) in [5, 5.41) is 10.9. The van der Waals surface area contributed by atoms with Gasteiger partial charge < -0.3 is 9.84 Å². The van der Waals surface area contributed by atoms with E-state index in [-0.39, 0.29) is 12.5 Å². The minimum atomic E-state index is -2.54. The maximum absolute atomic E-state index is 13.3. The molecular formula is C18H28F2O2. The lowest BCUT2D eigenvalue weighted by Crippen LogP contribution is -2.39. The molecule has 0 aliphatic heterocycles. The quantitative estimate of drug-likeness (QED) is 0.683. The molecule has 0 fully saturated rings. The van der Waals surface area contributed by atoms with E-state index in [4.69, 9.17) is 4.74 Å². The lowest BCUT2D eigenvalue weighted by Gasteiger charge is -2.36. The molecule has 0 aromatic heterocycles. The van der Waals surface area contributed by atoms with E-state index < -0.39 is 17.9 Å². The SMILES string of the molecule is CCCC(O)(c1ccc(OC(C)CC)cc1)C(CC)C(F)F. The van der Waals surface area contributed by atoms with Crippen molar-refractivity contribution in [3.63, 3.8) is 0 Å². The molecular weight excluding hydrogens is 286 g/mol. The second-order valence-electron chi connectivity index (χ2n) is 5.88. The number of hydrogen-bond donors (Lipinski definition) is 1. The molecule has 1 aromatic carbocycles. The zero-order valence-electron chi connectivity index (χ0n) is 14.0. The Morgan fingerprint density at radius 3 is 2.09 bits per heavy atom. The standard InChI is InChI=1S/C18H28F2O2/c1-5-12-18(21,16(7-3)17(19)20)14-8-10-15(11-9-14)22-13(4)6-2/h8-11,13,16-17,21H,5-7,12H2,1-4H3. The molecule has 22 heavy (non-hydrogen) atoms. The van der Waals surface area contributed by atoms with Crippen molar-refractivity contribution >= 4 is 0 Å². The van der Waals surface area contributed by atoms with E-state index in [9.17, 15) is 13.9 Å². The Labute approximate surface area is 132 Å². The molecule has 126 valence electrons. The van der Waals surface area contributed by atoms with E-state index in [0.717, 1.165) is 6.42 Å². The molecule has 0 aliphatic rings. The minimum Gasteiger partial charge on any atom is -0.491 e. The van der Waals surface area contributed by atoms with Gasteiger partial charge in [0.15, 0.2) is 0 Å². The monoisotopic (exact) mass is 314 g/mol. The summed E-state index contributed by atoms with van der Waals surface area (Å²) in [7, 11) is 0. The Kier molecular flexibility index (Phi) is 7.27. The summed E-state index contributed by atoms with van der Waals surface area (Å²) < 4.78 is 32.3. The van der Waals surface area contributed by atoms with Gasteiger partial charge in [0.2, 0.25) is 6.43 Å². The number of aliphatic hydroxyl groups is 1. The van der Waals surface area contributed by atoms with Gasteiger partial charge >= 0.3 is 0 Å². The van der Waals surface area contributed by atoms with Crippen LogP contribution in [0.25, 0.3) is 0 Å². The fourth-order valence-corrected chi connectivity index (χ4v) is 2.79. The van der Waals surface area contributed by atoms with Crippen LogP contribution in [-0.2, 0) is 5.60 Å². The number of rotatable bonds is 9. The molecule has 0 bridgehead atoms. The van der Waals surface area contributed by atoms with Crippen molar-refractivity contribution in [1.82, 2.24) is 0 Å². The Balaban J connectivity index is 3.05. The van der Waals surface area contributed by atoms with E-state index >= 15 is 0 Å².